The second kappa shape index (κ2) is 6.39. The van der Waals surface area contributed by atoms with Crippen LogP contribution in [0.15, 0.2) is 6.07 Å². The van der Waals surface area contributed by atoms with Crippen LogP contribution in [-0.2, 0) is 4.79 Å². The maximum absolute atomic E-state index is 11.8. The molecule has 0 saturated heterocycles. The molecule has 0 aliphatic carbocycles. The van der Waals surface area contributed by atoms with Crippen molar-refractivity contribution in [2.75, 3.05) is 11.9 Å². The smallest absolute Gasteiger partial charge is 0.225 e. The van der Waals surface area contributed by atoms with E-state index in [2.05, 4.69) is 29.4 Å². The van der Waals surface area contributed by atoms with Gasteiger partial charge in [0.25, 0.3) is 0 Å². The second-order valence-electron chi connectivity index (χ2n) is 4.92. The van der Waals surface area contributed by atoms with Crippen LogP contribution in [0.4, 0.5) is 5.82 Å². The molecule has 0 spiro atoms. The Labute approximate surface area is 102 Å². The first-order valence-corrected chi connectivity index (χ1v) is 6.03. The van der Waals surface area contributed by atoms with Crippen LogP contribution >= 0.6 is 0 Å². The van der Waals surface area contributed by atoms with Crippen molar-refractivity contribution in [1.82, 2.24) is 10.2 Å². The van der Waals surface area contributed by atoms with Gasteiger partial charge >= 0.3 is 0 Å². The Hall–Kier alpha value is -1.36. The van der Waals surface area contributed by atoms with E-state index >= 15 is 0 Å². The highest BCUT2D eigenvalue weighted by molar-refractivity contribution is 5.89. The van der Waals surface area contributed by atoms with Crippen LogP contribution in [-0.4, -0.2) is 22.6 Å². The first-order chi connectivity index (χ1) is 8.01. The van der Waals surface area contributed by atoms with Gasteiger partial charge in [0.2, 0.25) is 5.91 Å². The molecular formula is C12H22N4O. The van der Waals surface area contributed by atoms with Crippen LogP contribution in [0.25, 0.3) is 0 Å². The number of aryl methyl sites for hydroxylation is 1. The lowest BCUT2D eigenvalue weighted by atomic mass is 9.94. The van der Waals surface area contributed by atoms with E-state index in [9.17, 15) is 4.79 Å². The molecule has 1 rings (SSSR count). The summed E-state index contributed by atoms with van der Waals surface area (Å²) in [6, 6.07) is 1.80. The van der Waals surface area contributed by atoms with Gasteiger partial charge in [-0.25, -0.2) is 0 Å². The van der Waals surface area contributed by atoms with E-state index in [0.717, 1.165) is 12.1 Å². The summed E-state index contributed by atoms with van der Waals surface area (Å²) in [6.45, 7) is 6.71. The molecule has 5 heteroatoms. The maximum Gasteiger partial charge on any atom is 0.225 e. The molecule has 1 aromatic rings. The van der Waals surface area contributed by atoms with Crippen molar-refractivity contribution in [3.05, 3.63) is 11.8 Å². The molecule has 96 valence electrons. The minimum absolute atomic E-state index is 0.0207. The average molecular weight is 238 g/mol. The van der Waals surface area contributed by atoms with Crippen molar-refractivity contribution in [3.8, 4) is 0 Å². The second-order valence-corrected chi connectivity index (χ2v) is 4.92. The van der Waals surface area contributed by atoms with E-state index < -0.39 is 0 Å². The van der Waals surface area contributed by atoms with Crippen LogP contribution in [0, 0.1) is 18.8 Å². The van der Waals surface area contributed by atoms with E-state index in [1.54, 1.807) is 6.07 Å². The first kappa shape index (κ1) is 13.7. The SMILES string of the molecule is Cc1cc(NC(=O)CC(CN)CC(C)C)n[nH]1. The number of nitrogens with zero attached hydrogens (tertiary/aromatic N) is 1. The number of carbonyl (C=O) groups is 1. The largest absolute Gasteiger partial charge is 0.330 e. The number of nitrogens with one attached hydrogen (secondary N) is 2. The third kappa shape index (κ3) is 4.99. The Balaban J connectivity index is 2.42. The van der Waals surface area contributed by atoms with E-state index in [0.29, 0.717) is 24.7 Å². The van der Waals surface area contributed by atoms with E-state index in [-0.39, 0.29) is 11.8 Å². The normalized spacial score (nSPS) is 12.8. The van der Waals surface area contributed by atoms with E-state index in [1.165, 1.54) is 0 Å². The Bertz CT molecular complexity index is 359. The van der Waals surface area contributed by atoms with Gasteiger partial charge < -0.3 is 11.1 Å². The molecule has 0 bridgehead atoms. The average Bonchev–Trinajstić information content (AvgIpc) is 2.62. The fourth-order valence-corrected chi connectivity index (χ4v) is 1.87. The lowest BCUT2D eigenvalue weighted by Crippen LogP contribution is -2.23. The van der Waals surface area contributed by atoms with Crippen molar-refractivity contribution in [2.45, 2.75) is 33.6 Å². The highest BCUT2D eigenvalue weighted by Gasteiger charge is 2.14. The van der Waals surface area contributed by atoms with Crippen molar-refractivity contribution in [3.63, 3.8) is 0 Å². The Morgan fingerprint density at radius 3 is 2.76 bits per heavy atom. The molecule has 1 amide bonds. The number of hydrogen-bond acceptors (Lipinski definition) is 3. The third-order valence-electron chi connectivity index (χ3n) is 2.59. The fraction of sp³-hybridized carbons (Fsp3) is 0.667. The summed E-state index contributed by atoms with van der Waals surface area (Å²) < 4.78 is 0. The molecule has 5 nitrogen and oxygen atoms in total. The van der Waals surface area contributed by atoms with E-state index in [1.807, 2.05) is 6.92 Å². The molecule has 0 saturated carbocycles. The summed E-state index contributed by atoms with van der Waals surface area (Å²) in [7, 11) is 0. The first-order valence-electron chi connectivity index (χ1n) is 6.03. The molecular weight excluding hydrogens is 216 g/mol. The van der Waals surface area contributed by atoms with Crippen LogP contribution in [0.5, 0.6) is 0 Å². The Morgan fingerprint density at radius 2 is 2.29 bits per heavy atom. The van der Waals surface area contributed by atoms with Gasteiger partial charge in [0.05, 0.1) is 0 Å². The van der Waals surface area contributed by atoms with Crippen molar-refractivity contribution >= 4 is 11.7 Å². The van der Waals surface area contributed by atoms with Gasteiger partial charge in [-0.2, -0.15) is 5.10 Å². The number of anilines is 1. The molecule has 0 aliphatic heterocycles. The van der Waals surface area contributed by atoms with Crippen LogP contribution in [0.1, 0.15) is 32.4 Å². The minimum Gasteiger partial charge on any atom is -0.330 e. The summed E-state index contributed by atoms with van der Waals surface area (Å²) in [5.41, 5.74) is 6.59. The lowest BCUT2D eigenvalue weighted by Gasteiger charge is -2.15. The molecule has 0 radical (unpaired) electrons. The summed E-state index contributed by atoms with van der Waals surface area (Å²) in [5.74, 6) is 1.36. The molecule has 4 N–H and O–H groups in total. The molecule has 1 unspecified atom stereocenters. The summed E-state index contributed by atoms with van der Waals surface area (Å²) >= 11 is 0. The highest BCUT2D eigenvalue weighted by atomic mass is 16.1. The quantitative estimate of drug-likeness (QED) is 0.704. The number of aromatic amines is 1. The number of carbonyl (C=O) groups excluding carboxylic acids is 1. The number of nitrogens with two attached hydrogens (primary N) is 1. The zero-order valence-corrected chi connectivity index (χ0v) is 10.8. The number of H-pyrrole nitrogens is 1. The predicted molar refractivity (Wildman–Crippen MR) is 68.6 cm³/mol. The molecule has 1 atom stereocenters. The van der Waals surface area contributed by atoms with E-state index in [4.69, 9.17) is 5.73 Å². The fourth-order valence-electron chi connectivity index (χ4n) is 1.87. The Morgan fingerprint density at radius 1 is 1.59 bits per heavy atom. The van der Waals surface area contributed by atoms with Gasteiger partial charge in [-0.3, -0.25) is 9.89 Å². The number of aromatic nitrogens is 2. The van der Waals surface area contributed by atoms with Crippen molar-refractivity contribution in [1.29, 1.82) is 0 Å². The highest BCUT2D eigenvalue weighted by Crippen LogP contribution is 2.15. The zero-order valence-electron chi connectivity index (χ0n) is 10.8. The van der Waals surface area contributed by atoms with Gasteiger partial charge in [-0.05, 0) is 31.7 Å². The number of hydrogen-bond donors (Lipinski definition) is 3. The van der Waals surface area contributed by atoms with Gasteiger partial charge in [0.1, 0.15) is 0 Å². The standard InChI is InChI=1S/C12H22N4O/c1-8(2)4-10(7-13)6-12(17)14-11-5-9(3)15-16-11/h5,8,10H,4,6-7,13H2,1-3H3,(H2,14,15,16,17). The summed E-state index contributed by atoms with van der Waals surface area (Å²) in [5, 5.41) is 9.51. The van der Waals surface area contributed by atoms with Gasteiger partial charge in [0, 0.05) is 18.2 Å². The topological polar surface area (TPSA) is 83.8 Å². The van der Waals surface area contributed by atoms with Gasteiger partial charge in [-0.1, -0.05) is 13.8 Å². The molecule has 1 aromatic heterocycles. The number of amides is 1. The number of rotatable bonds is 6. The maximum atomic E-state index is 11.8. The minimum atomic E-state index is -0.0207. The van der Waals surface area contributed by atoms with Gasteiger partial charge in [-0.15, -0.1) is 0 Å². The lowest BCUT2D eigenvalue weighted by molar-refractivity contribution is -0.117. The molecule has 0 fully saturated rings. The zero-order chi connectivity index (χ0) is 12.8. The predicted octanol–water partition coefficient (Wildman–Crippen LogP) is 1.67. The molecule has 0 aromatic carbocycles. The Kier molecular flexibility index (Phi) is 5.15. The summed E-state index contributed by atoms with van der Waals surface area (Å²) in [6.07, 6.45) is 1.43. The third-order valence-corrected chi connectivity index (χ3v) is 2.59. The van der Waals surface area contributed by atoms with Crippen LogP contribution in [0.3, 0.4) is 0 Å². The van der Waals surface area contributed by atoms with Crippen LogP contribution in [0.2, 0.25) is 0 Å². The van der Waals surface area contributed by atoms with Crippen LogP contribution < -0.4 is 11.1 Å². The van der Waals surface area contributed by atoms with Gasteiger partial charge in [0.15, 0.2) is 5.82 Å². The van der Waals surface area contributed by atoms with Crippen molar-refractivity contribution < 1.29 is 4.79 Å². The molecule has 0 aliphatic rings. The summed E-state index contributed by atoms with van der Waals surface area (Å²) in [4.78, 5) is 11.8. The molecule has 17 heavy (non-hydrogen) atoms. The van der Waals surface area contributed by atoms with Crippen molar-refractivity contribution in [2.24, 2.45) is 17.6 Å². The monoisotopic (exact) mass is 238 g/mol. The molecule has 1 heterocycles.